The number of hydrogen-bond donors (Lipinski definition) is 0. The van der Waals surface area contributed by atoms with E-state index in [1.165, 1.54) is 12.3 Å². The van der Waals surface area contributed by atoms with Gasteiger partial charge in [-0.15, -0.1) is 0 Å². The third kappa shape index (κ3) is 4.77. The van der Waals surface area contributed by atoms with Crippen LogP contribution in [0.1, 0.15) is 19.8 Å². The molecule has 0 aliphatic rings. The minimum atomic E-state index is -0.555. The van der Waals surface area contributed by atoms with Crippen molar-refractivity contribution >= 4 is 11.6 Å². The van der Waals surface area contributed by atoms with Gasteiger partial charge in [-0.3, -0.25) is 0 Å². The summed E-state index contributed by atoms with van der Waals surface area (Å²) >= 11 is 5.55. The number of aromatic nitrogens is 1. The van der Waals surface area contributed by atoms with Crippen molar-refractivity contribution in [2.45, 2.75) is 19.8 Å². The number of halogens is 2. The summed E-state index contributed by atoms with van der Waals surface area (Å²) < 4.78 is 23.5. The van der Waals surface area contributed by atoms with Gasteiger partial charge in [0.25, 0.3) is 5.88 Å². The van der Waals surface area contributed by atoms with Crippen LogP contribution < -0.4 is 4.74 Å². The molecule has 0 N–H and O–H groups in total. The van der Waals surface area contributed by atoms with E-state index in [-0.39, 0.29) is 17.5 Å². The molecule has 0 amide bonds. The summed E-state index contributed by atoms with van der Waals surface area (Å²) in [5.74, 6) is -0.593. The Bertz CT molecular complexity index is 323. The van der Waals surface area contributed by atoms with Crippen LogP contribution >= 0.6 is 11.6 Å². The Labute approximate surface area is 99.5 Å². The van der Waals surface area contributed by atoms with E-state index in [1.807, 2.05) is 0 Å². The molecule has 1 rings (SSSR count). The predicted octanol–water partition coefficient (Wildman–Crippen LogP) is 3.07. The number of hydrogen-bond acceptors (Lipinski definition) is 3. The minimum Gasteiger partial charge on any atom is -0.473 e. The molecule has 0 spiro atoms. The van der Waals surface area contributed by atoms with Gasteiger partial charge in [0.15, 0.2) is 5.82 Å². The van der Waals surface area contributed by atoms with Gasteiger partial charge in [-0.25, -0.2) is 9.37 Å². The third-order valence-electron chi connectivity index (χ3n) is 1.88. The number of rotatable bonds is 7. The highest BCUT2D eigenvalue weighted by molar-refractivity contribution is 6.30. The highest BCUT2D eigenvalue weighted by Gasteiger charge is 2.05. The quantitative estimate of drug-likeness (QED) is 0.694. The van der Waals surface area contributed by atoms with Gasteiger partial charge in [0.2, 0.25) is 0 Å². The van der Waals surface area contributed by atoms with Crippen molar-refractivity contribution in [2.75, 3.05) is 19.8 Å². The Morgan fingerprint density at radius 1 is 1.38 bits per heavy atom. The summed E-state index contributed by atoms with van der Waals surface area (Å²) in [5.41, 5.74) is 0. The first kappa shape index (κ1) is 13.2. The van der Waals surface area contributed by atoms with E-state index in [1.54, 1.807) is 0 Å². The number of ether oxygens (including phenoxy) is 2. The van der Waals surface area contributed by atoms with Gasteiger partial charge in [0.1, 0.15) is 6.61 Å². The first-order valence-electron chi connectivity index (χ1n) is 5.25. The van der Waals surface area contributed by atoms with Crippen LogP contribution in [0.25, 0.3) is 0 Å². The average Bonchev–Trinajstić information content (AvgIpc) is 2.26. The monoisotopic (exact) mass is 247 g/mol. The lowest BCUT2D eigenvalue weighted by Crippen LogP contribution is -2.09. The molecule has 1 heterocycles. The molecule has 0 unspecified atom stereocenters. The molecule has 0 aliphatic carbocycles. The van der Waals surface area contributed by atoms with E-state index in [4.69, 9.17) is 21.1 Å². The van der Waals surface area contributed by atoms with Gasteiger partial charge in [0, 0.05) is 12.8 Å². The predicted molar refractivity (Wildman–Crippen MR) is 60.4 cm³/mol. The summed E-state index contributed by atoms with van der Waals surface area (Å²) in [6, 6.07) is 1.17. The van der Waals surface area contributed by atoms with Crippen molar-refractivity contribution in [2.24, 2.45) is 0 Å². The van der Waals surface area contributed by atoms with Crippen LogP contribution in [0.15, 0.2) is 12.3 Å². The van der Waals surface area contributed by atoms with Crippen LogP contribution in [-0.2, 0) is 4.74 Å². The summed E-state index contributed by atoms with van der Waals surface area (Å²) in [5, 5.41) is 0.254. The average molecular weight is 248 g/mol. The van der Waals surface area contributed by atoms with Crippen molar-refractivity contribution in [3.63, 3.8) is 0 Å². The molecule has 1 aromatic rings. The number of unbranched alkanes of at least 4 members (excludes halogenated alkanes) is 1. The minimum absolute atomic E-state index is 0.0384. The Balaban J connectivity index is 2.21. The number of nitrogens with zero attached hydrogens (tertiary/aromatic N) is 1. The highest BCUT2D eigenvalue weighted by Crippen LogP contribution is 2.17. The fourth-order valence-corrected chi connectivity index (χ4v) is 1.20. The first-order chi connectivity index (χ1) is 7.74. The van der Waals surface area contributed by atoms with Gasteiger partial charge in [0.05, 0.1) is 11.6 Å². The molecule has 16 heavy (non-hydrogen) atoms. The fourth-order valence-electron chi connectivity index (χ4n) is 1.05. The van der Waals surface area contributed by atoms with E-state index < -0.39 is 5.82 Å². The smallest absolute Gasteiger partial charge is 0.250 e. The molecule has 0 bridgehead atoms. The maximum Gasteiger partial charge on any atom is 0.250 e. The second-order valence-electron chi connectivity index (χ2n) is 3.25. The van der Waals surface area contributed by atoms with Gasteiger partial charge < -0.3 is 9.47 Å². The maximum absolute atomic E-state index is 13.2. The largest absolute Gasteiger partial charge is 0.473 e. The summed E-state index contributed by atoms with van der Waals surface area (Å²) in [6.07, 6.45) is 3.46. The van der Waals surface area contributed by atoms with Gasteiger partial charge in [-0.1, -0.05) is 24.9 Å². The molecule has 0 fully saturated rings. The van der Waals surface area contributed by atoms with E-state index in [9.17, 15) is 4.39 Å². The van der Waals surface area contributed by atoms with Crippen LogP contribution in [0.3, 0.4) is 0 Å². The van der Waals surface area contributed by atoms with E-state index in [0.717, 1.165) is 12.8 Å². The lowest BCUT2D eigenvalue weighted by Gasteiger charge is -2.06. The Hall–Kier alpha value is -0.870. The molecule has 3 nitrogen and oxygen atoms in total. The van der Waals surface area contributed by atoms with Crippen molar-refractivity contribution < 1.29 is 13.9 Å². The zero-order valence-corrected chi connectivity index (χ0v) is 9.97. The fraction of sp³-hybridized carbons (Fsp3) is 0.545. The van der Waals surface area contributed by atoms with Crippen LogP contribution in [0.5, 0.6) is 5.88 Å². The molecule has 0 radical (unpaired) electrons. The van der Waals surface area contributed by atoms with Gasteiger partial charge >= 0.3 is 0 Å². The van der Waals surface area contributed by atoms with E-state index in [2.05, 4.69) is 11.9 Å². The normalized spacial score (nSPS) is 10.4. The Kier molecular flexibility index (Phi) is 6.11. The van der Waals surface area contributed by atoms with Crippen molar-refractivity contribution in [1.82, 2.24) is 4.98 Å². The summed E-state index contributed by atoms with van der Waals surface area (Å²) in [4.78, 5) is 3.73. The molecule has 90 valence electrons. The molecule has 0 saturated heterocycles. The van der Waals surface area contributed by atoms with Crippen molar-refractivity contribution in [3.8, 4) is 5.88 Å². The Morgan fingerprint density at radius 2 is 2.19 bits per heavy atom. The zero-order chi connectivity index (χ0) is 11.8. The highest BCUT2D eigenvalue weighted by atomic mass is 35.5. The molecule has 0 aromatic carbocycles. The lowest BCUT2D eigenvalue weighted by atomic mass is 10.4. The summed E-state index contributed by atoms with van der Waals surface area (Å²) in [7, 11) is 0. The van der Waals surface area contributed by atoms with Crippen LogP contribution in [0, 0.1) is 5.82 Å². The van der Waals surface area contributed by atoms with Crippen molar-refractivity contribution in [3.05, 3.63) is 23.1 Å². The SMILES string of the molecule is CCCCOCCOc1ncc(Cl)cc1F. The lowest BCUT2D eigenvalue weighted by molar-refractivity contribution is 0.0949. The number of pyridine rings is 1. The van der Waals surface area contributed by atoms with Crippen LogP contribution in [0.4, 0.5) is 4.39 Å². The standard InChI is InChI=1S/C11H15ClFNO2/c1-2-3-4-15-5-6-16-11-10(13)7-9(12)8-14-11/h7-8H,2-6H2,1H3. The first-order valence-corrected chi connectivity index (χ1v) is 5.63. The molecular weight excluding hydrogens is 233 g/mol. The van der Waals surface area contributed by atoms with Gasteiger partial charge in [-0.05, 0) is 12.5 Å². The molecule has 0 aliphatic heterocycles. The third-order valence-corrected chi connectivity index (χ3v) is 2.09. The summed E-state index contributed by atoms with van der Waals surface area (Å²) in [6.45, 7) is 3.52. The topological polar surface area (TPSA) is 31.4 Å². The molecule has 5 heteroatoms. The van der Waals surface area contributed by atoms with Gasteiger partial charge in [-0.2, -0.15) is 0 Å². The zero-order valence-electron chi connectivity index (χ0n) is 9.21. The molecular formula is C11H15ClFNO2. The molecule has 0 saturated carbocycles. The second-order valence-corrected chi connectivity index (χ2v) is 3.69. The van der Waals surface area contributed by atoms with E-state index in [0.29, 0.717) is 13.2 Å². The van der Waals surface area contributed by atoms with Crippen LogP contribution in [-0.4, -0.2) is 24.8 Å². The van der Waals surface area contributed by atoms with Crippen molar-refractivity contribution in [1.29, 1.82) is 0 Å². The van der Waals surface area contributed by atoms with Crippen LogP contribution in [0.2, 0.25) is 5.02 Å². The molecule has 0 atom stereocenters. The second kappa shape index (κ2) is 7.41. The molecule has 1 aromatic heterocycles. The Morgan fingerprint density at radius 3 is 2.88 bits per heavy atom. The van der Waals surface area contributed by atoms with E-state index >= 15 is 0 Å². The maximum atomic E-state index is 13.2.